The number of fused-ring (bicyclic) bond motifs is 1. The van der Waals surface area contributed by atoms with Gasteiger partial charge in [-0.05, 0) is 25.0 Å². The zero-order valence-corrected chi connectivity index (χ0v) is 15.1. The Hall–Kier alpha value is -2.48. The van der Waals surface area contributed by atoms with E-state index in [0.29, 0.717) is 6.54 Å². The van der Waals surface area contributed by atoms with Crippen molar-refractivity contribution in [2.24, 2.45) is 7.05 Å². The van der Waals surface area contributed by atoms with Crippen LogP contribution in [-0.4, -0.2) is 50.7 Å². The summed E-state index contributed by atoms with van der Waals surface area (Å²) in [7, 11) is 3.84. The number of thiazole rings is 1. The Balaban J connectivity index is 1.50. The highest BCUT2D eigenvalue weighted by Gasteiger charge is 2.33. The van der Waals surface area contributed by atoms with Gasteiger partial charge in [-0.2, -0.15) is 0 Å². The first-order valence-corrected chi connectivity index (χ1v) is 9.15. The first kappa shape index (κ1) is 16.0. The number of nitrogens with zero attached hydrogens (tertiary/aromatic N) is 6. The fourth-order valence-electron chi connectivity index (χ4n) is 3.31. The van der Waals surface area contributed by atoms with Crippen molar-refractivity contribution in [2.75, 3.05) is 25.0 Å². The second-order valence-electron chi connectivity index (χ2n) is 6.37. The average molecular weight is 356 g/mol. The Morgan fingerprint density at radius 2 is 2.24 bits per heavy atom. The highest BCUT2D eigenvalue weighted by atomic mass is 32.1. The number of amides is 1. The number of hydrogen-bond acceptors (Lipinski definition) is 6. The minimum atomic E-state index is 0.0174. The summed E-state index contributed by atoms with van der Waals surface area (Å²) in [6.45, 7) is 1.08. The van der Waals surface area contributed by atoms with E-state index in [0.717, 1.165) is 40.6 Å². The number of aryl methyl sites for hydroxylation is 1. The van der Waals surface area contributed by atoms with Crippen molar-refractivity contribution in [1.82, 2.24) is 24.6 Å². The van der Waals surface area contributed by atoms with Gasteiger partial charge in [0.2, 0.25) is 5.91 Å². The van der Waals surface area contributed by atoms with E-state index in [1.54, 1.807) is 17.7 Å². The van der Waals surface area contributed by atoms with Gasteiger partial charge in [0.1, 0.15) is 6.33 Å². The summed E-state index contributed by atoms with van der Waals surface area (Å²) in [6.07, 6.45) is 3.61. The molecule has 0 spiro atoms. The normalized spacial score (nSPS) is 17.4. The number of carbonyl (C=O) groups excluding carboxylic acids is 1. The topological polar surface area (TPSA) is 67.2 Å². The van der Waals surface area contributed by atoms with Gasteiger partial charge in [-0.3, -0.25) is 4.79 Å². The monoisotopic (exact) mass is 356 g/mol. The molecule has 7 nitrogen and oxygen atoms in total. The number of likely N-dealkylation sites (N-methyl/N-ethyl adjacent to an activating group) is 1. The van der Waals surface area contributed by atoms with Gasteiger partial charge in [0, 0.05) is 20.6 Å². The molecule has 8 heteroatoms. The molecular weight excluding hydrogens is 336 g/mol. The summed E-state index contributed by atoms with van der Waals surface area (Å²) >= 11 is 1.61. The van der Waals surface area contributed by atoms with Crippen molar-refractivity contribution in [3.8, 4) is 0 Å². The van der Waals surface area contributed by atoms with E-state index in [1.807, 2.05) is 46.7 Å². The molecular formula is C17H20N6OS. The third kappa shape index (κ3) is 2.97. The molecule has 0 radical (unpaired) electrons. The minimum absolute atomic E-state index is 0.0174. The van der Waals surface area contributed by atoms with Gasteiger partial charge in [0.05, 0.1) is 22.8 Å². The van der Waals surface area contributed by atoms with Gasteiger partial charge in [0.25, 0.3) is 0 Å². The van der Waals surface area contributed by atoms with Gasteiger partial charge < -0.3 is 14.4 Å². The highest BCUT2D eigenvalue weighted by molar-refractivity contribution is 7.22. The molecule has 0 N–H and O–H groups in total. The maximum absolute atomic E-state index is 12.9. The predicted molar refractivity (Wildman–Crippen MR) is 97.6 cm³/mol. The number of aromatic nitrogens is 4. The van der Waals surface area contributed by atoms with E-state index >= 15 is 0 Å². The molecule has 0 aliphatic carbocycles. The summed E-state index contributed by atoms with van der Waals surface area (Å²) in [5.74, 6) is 0.959. The second-order valence-corrected chi connectivity index (χ2v) is 7.37. The quantitative estimate of drug-likeness (QED) is 0.717. The molecule has 1 aliphatic rings. The van der Waals surface area contributed by atoms with Crippen LogP contribution >= 0.6 is 11.3 Å². The van der Waals surface area contributed by atoms with Crippen molar-refractivity contribution in [1.29, 1.82) is 0 Å². The number of carbonyl (C=O) groups is 1. The summed E-state index contributed by atoms with van der Waals surface area (Å²) in [5, 5.41) is 9.01. The van der Waals surface area contributed by atoms with Crippen LogP contribution < -0.4 is 4.90 Å². The molecule has 3 aromatic rings. The molecule has 3 heterocycles. The first-order valence-electron chi connectivity index (χ1n) is 8.33. The number of hydrogen-bond donors (Lipinski definition) is 0. The average Bonchev–Trinajstić information content (AvgIpc) is 3.32. The Morgan fingerprint density at radius 3 is 3.00 bits per heavy atom. The molecule has 2 aromatic heterocycles. The van der Waals surface area contributed by atoms with Crippen LogP contribution in [0.3, 0.4) is 0 Å². The lowest BCUT2D eigenvalue weighted by Gasteiger charge is -2.26. The third-order valence-electron chi connectivity index (χ3n) is 4.60. The third-order valence-corrected chi connectivity index (χ3v) is 5.75. The molecule has 1 unspecified atom stereocenters. The molecule has 1 aliphatic heterocycles. The standard InChI is InChI=1S/C17H20N6OS/c1-21(17-19-12-6-3-4-8-14(12)25-17)10-15(24)23-9-5-7-13(23)16-20-18-11-22(16)2/h3-4,6,8,11,13H,5,7,9-10H2,1-2H3. The highest BCUT2D eigenvalue weighted by Crippen LogP contribution is 2.31. The van der Waals surface area contributed by atoms with Gasteiger partial charge in [0.15, 0.2) is 11.0 Å². The maximum Gasteiger partial charge on any atom is 0.242 e. The van der Waals surface area contributed by atoms with Crippen molar-refractivity contribution in [2.45, 2.75) is 18.9 Å². The Kier molecular flexibility index (Phi) is 4.12. The van der Waals surface area contributed by atoms with Gasteiger partial charge >= 0.3 is 0 Å². The lowest BCUT2D eigenvalue weighted by molar-refractivity contribution is -0.130. The SMILES string of the molecule is CN(CC(=O)N1CCCC1c1nncn1C)c1nc2ccccc2s1. The summed E-state index contributed by atoms with van der Waals surface area (Å²) in [5.41, 5.74) is 0.972. The number of rotatable bonds is 4. The Bertz CT molecular complexity index is 870. The summed E-state index contributed by atoms with van der Waals surface area (Å²) in [4.78, 5) is 21.3. The second kappa shape index (κ2) is 6.44. The lowest BCUT2D eigenvalue weighted by atomic mass is 10.2. The number of likely N-dealkylation sites (tertiary alicyclic amines) is 1. The molecule has 25 heavy (non-hydrogen) atoms. The first-order chi connectivity index (χ1) is 12.1. The number of benzene rings is 1. The molecule has 4 rings (SSSR count). The van der Waals surface area contributed by atoms with E-state index in [4.69, 9.17) is 0 Å². The van der Waals surface area contributed by atoms with E-state index in [9.17, 15) is 4.79 Å². The van der Waals surface area contributed by atoms with Crippen LogP contribution in [0, 0.1) is 0 Å². The van der Waals surface area contributed by atoms with Crippen molar-refractivity contribution in [3.05, 3.63) is 36.4 Å². The van der Waals surface area contributed by atoms with E-state index in [-0.39, 0.29) is 11.9 Å². The molecule has 1 fully saturated rings. The summed E-state index contributed by atoms with van der Waals surface area (Å²) < 4.78 is 3.03. The summed E-state index contributed by atoms with van der Waals surface area (Å²) in [6, 6.07) is 8.05. The molecule has 1 saturated heterocycles. The fraction of sp³-hybridized carbons (Fsp3) is 0.412. The molecule has 1 aromatic carbocycles. The largest absolute Gasteiger partial charge is 0.342 e. The molecule has 1 amide bonds. The fourth-order valence-corrected chi connectivity index (χ4v) is 4.24. The van der Waals surface area contributed by atoms with Crippen LogP contribution in [0.1, 0.15) is 24.7 Å². The number of para-hydroxylation sites is 1. The van der Waals surface area contributed by atoms with Crippen LogP contribution in [0.5, 0.6) is 0 Å². The molecule has 0 saturated carbocycles. The maximum atomic E-state index is 12.9. The lowest BCUT2D eigenvalue weighted by Crippen LogP contribution is -2.39. The minimum Gasteiger partial charge on any atom is -0.342 e. The predicted octanol–water partition coefficient (Wildman–Crippen LogP) is 2.22. The van der Waals surface area contributed by atoms with E-state index < -0.39 is 0 Å². The van der Waals surface area contributed by atoms with Crippen LogP contribution in [-0.2, 0) is 11.8 Å². The van der Waals surface area contributed by atoms with Crippen LogP contribution in [0.25, 0.3) is 10.2 Å². The Morgan fingerprint density at radius 1 is 1.40 bits per heavy atom. The van der Waals surface area contributed by atoms with Crippen LogP contribution in [0.4, 0.5) is 5.13 Å². The molecule has 130 valence electrons. The van der Waals surface area contributed by atoms with Gasteiger partial charge in [-0.1, -0.05) is 23.5 Å². The van der Waals surface area contributed by atoms with E-state index in [2.05, 4.69) is 21.2 Å². The van der Waals surface area contributed by atoms with Crippen molar-refractivity contribution >= 4 is 32.6 Å². The van der Waals surface area contributed by atoms with Crippen LogP contribution in [0.2, 0.25) is 0 Å². The van der Waals surface area contributed by atoms with E-state index in [1.165, 1.54) is 0 Å². The van der Waals surface area contributed by atoms with Crippen molar-refractivity contribution in [3.63, 3.8) is 0 Å². The molecule has 1 atom stereocenters. The number of anilines is 1. The Labute approximate surface area is 149 Å². The zero-order valence-electron chi connectivity index (χ0n) is 14.3. The van der Waals surface area contributed by atoms with Gasteiger partial charge in [-0.25, -0.2) is 4.98 Å². The van der Waals surface area contributed by atoms with Gasteiger partial charge in [-0.15, -0.1) is 10.2 Å². The smallest absolute Gasteiger partial charge is 0.242 e. The molecule has 0 bridgehead atoms. The van der Waals surface area contributed by atoms with Crippen molar-refractivity contribution < 1.29 is 4.79 Å². The van der Waals surface area contributed by atoms with Crippen LogP contribution in [0.15, 0.2) is 30.6 Å². The zero-order chi connectivity index (χ0) is 17.4.